The zero-order valence-electron chi connectivity index (χ0n) is 15.7. The van der Waals surface area contributed by atoms with Gasteiger partial charge in [-0.3, -0.25) is 9.89 Å². The third-order valence-corrected chi connectivity index (χ3v) is 4.89. The van der Waals surface area contributed by atoms with Crippen LogP contribution in [0.15, 0.2) is 53.3 Å². The van der Waals surface area contributed by atoms with Gasteiger partial charge in [0.05, 0.1) is 22.9 Å². The van der Waals surface area contributed by atoms with Crippen molar-refractivity contribution in [1.29, 1.82) is 5.26 Å². The van der Waals surface area contributed by atoms with Crippen molar-refractivity contribution in [2.45, 2.75) is 13.8 Å². The average molecular weight is 384 g/mol. The second-order valence-corrected chi connectivity index (χ2v) is 6.73. The molecule has 0 fully saturated rings. The van der Waals surface area contributed by atoms with Crippen LogP contribution < -0.4 is 5.56 Å². The maximum absolute atomic E-state index is 12.9. The van der Waals surface area contributed by atoms with Crippen LogP contribution in [0.25, 0.3) is 28.0 Å². The number of benzene rings is 2. The lowest BCUT2D eigenvalue weighted by atomic mass is 10.0. The Morgan fingerprint density at radius 1 is 1.07 bits per heavy atom. The molecule has 0 unspecified atom stereocenters. The van der Waals surface area contributed by atoms with Crippen molar-refractivity contribution in [3.63, 3.8) is 0 Å². The van der Waals surface area contributed by atoms with Gasteiger partial charge in [0, 0.05) is 22.4 Å². The van der Waals surface area contributed by atoms with Gasteiger partial charge in [0.15, 0.2) is 5.65 Å². The first-order chi connectivity index (χ1) is 13.9. The second kappa shape index (κ2) is 6.77. The van der Waals surface area contributed by atoms with E-state index in [1.807, 2.05) is 6.92 Å². The molecule has 2 heterocycles. The lowest BCUT2D eigenvalue weighted by molar-refractivity contribution is 0.0697. The summed E-state index contributed by atoms with van der Waals surface area (Å²) in [5.41, 5.74) is 4.96. The number of nitrogens with one attached hydrogen (secondary N) is 1. The Hall–Kier alpha value is -4.18. The Bertz CT molecular complexity index is 1360. The molecule has 0 aliphatic carbocycles. The molecule has 2 aromatic heterocycles. The SMILES string of the molecule is Cc1[nH]n2c(=O)c(C)c(-c3ccc(C#N)cc3)nc2c1-c1ccc(C(=O)O)cc1. The van der Waals surface area contributed by atoms with E-state index in [1.54, 1.807) is 43.3 Å². The number of aromatic carboxylic acids is 1. The summed E-state index contributed by atoms with van der Waals surface area (Å²) < 4.78 is 1.40. The molecule has 2 aromatic carbocycles. The zero-order valence-corrected chi connectivity index (χ0v) is 15.7. The number of aryl methyl sites for hydroxylation is 1. The third-order valence-electron chi connectivity index (χ3n) is 4.89. The van der Waals surface area contributed by atoms with E-state index < -0.39 is 5.97 Å². The summed E-state index contributed by atoms with van der Waals surface area (Å²) in [6, 6.07) is 15.4. The van der Waals surface area contributed by atoms with Gasteiger partial charge in [0.1, 0.15) is 0 Å². The summed E-state index contributed by atoms with van der Waals surface area (Å²) in [5, 5.41) is 21.2. The van der Waals surface area contributed by atoms with Gasteiger partial charge in [0.2, 0.25) is 0 Å². The number of nitriles is 1. The molecule has 4 rings (SSSR count). The summed E-state index contributed by atoms with van der Waals surface area (Å²) in [4.78, 5) is 28.8. The molecule has 0 spiro atoms. The van der Waals surface area contributed by atoms with E-state index in [4.69, 9.17) is 15.4 Å². The number of nitrogens with zero attached hydrogens (tertiary/aromatic N) is 3. The van der Waals surface area contributed by atoms with Gasteiger partial charge in [0.25, 0.3) is 5.56 Å². The number of carboxylic acid groups (broad SMARTS) is 1. The molecule has 7 heteroatoms. The summed E-state index contributed by atoms with van der Waals surface area (Å²) in [6.45, 7) is 3.55. The molecule has 29 heavy (non-hydrogen) atoms. The Morgan fingerprint density at radius 3 is 2.28 bits per heavy atom. The minimum atomic E-state index is -1.000. The minimum Gasteiger partial charge on any atom is -0.478 e. The number of hydrogen-bond donors (Lipinski definition) is 2. The molecule has 0 aliphatic rings. The number of aromatic nitrogens is 3. The molecule has 0 aliphatic heterocycles. The predicted octanol–water partition coefficient (Wildman–Crippen LogP) is 3.54. The maximum Gasteiger partial charge on any atom is 0.335 e. The highest BCUT2D eigenvalue weighted by molar-refractivity contribution is 5.89. The van der Waals surface area contributed by atoms with E-state index in [0.29, 0.717) is 22.5 Å². The maximum atomic E-state index is 12.9. The minimum absolute atomic E-state index is 0.186. The molecule has 7 nitrogen and oxygen atoms in total. The average Bonchev–Trinajstić information content (AvgIpc) is 3.07. The largest absolute Gasteiger partial charge is 0.478 e. The van der Waals surface area contributed by atoms with Gasteiger partial charge < -0.3 is 5.11 Å². The van der Waals surface area contributed by atoms with Crippen molar-refractivity contribution in [1.82, 2.24) is 14.6 Å². The molecule has 4 aromatic rings. The molecule has 2 N–H and O–H groups in total. The molecule has 0 radical (unpaired) electrons. The van der Waals surface area contributed by atoms with Crippen molar-refractivity contribution in [3.05, 3.63) is 81.3 Å². The van der Waals surface area contributed by atoms with E-state index in [1.165, 1.54) is 16.6 Å². The van der Waals surface area contributed by atoms with E-state index in [9.17, 15) is 9.59 Å². The topological polar surface area (TPSA) is 111 Å². The Kier molecular flexibility index (Phi) is 4.24. The fraction of sp³-hybridized carbons (Fsp3) is 0.0909. The van der Waals surface area contributed by atoms with E-state index in [-0.39, 0.29) is 11.1 Å². The van der Waals surface area contributed by atoms with Gasteiger partial charge in [-0.2, -0.15) is 5.26 Å². The van der Waals surface area contributed by atoms with Crippen LogP contribution in [0.1, 0.15) is 27.2 Å². The summed E-state index contributed by atoms with van der Waals surface area (Å²) in [6.07, 6.45) is 0. The lowest BCUT2D eigenvalue weighted by Gasteiger charge is -2.07. The van der Waals surface area contributed by atoms with Crippen molar-refractivity contribution in [3.8, 4) is 28.5 Å². The second-order valence-electron chi connectivity index (χ2n) is 6.73. The molecule has 0 atom stereocenters. The summed E-state index contributed by atoms with van der Waals surface area (Å²) >= 11 is 0. The van der Waals surface area contributed by atoms with Gasteiger partial charge in [-0.25, -0.2) is 14.3 Å². The summed E-state index contributed by atoms with van der Waals surface area (Å²) in [7, 11) is 0. The van der Waals surface area contributed by atoms with Crippen LogP contribution in [0.4, 0.5) is 0 Å². The van der Waals surface area contributed by atoms with Gasteiger partial charge in [-0.15, -0.1) is 0 Å². The first-order valence-corrected chi connectivity index (χ1v) is 8.87. The fourth-order valence-corrected chi connectivity index (χ4v) is 3.38. The monoisotopic (exact) mass is 384 g/mol. The number of hydrogen-bond acceptors (Lipinski definition) is 4. The van der Waals surface area contributed by atoms with Crippen LogP contribution in [0.2, 0.25) is 0 Å². The first-order valence-electron chi connectivity index (χ1n) is 8.87. The number of carboxylic acids is 1. The van der Waals surface area contributed by atoms with Crippen LogP contribution in [0.3, 0.4) is 0 Å². The highest BCUT2D eigenvalue weighted by Crippen LogP contribution is 2.29. The Morgan fingerprint density at radius 2 is 1.69 bits per heavy atom. The number of rotatable bonds is 3. The fourth-order valence-electron chi connectivity index (χ4n) is 3.38. The molecule has 142 valence electrons. The predicted molar refractivity (Wildman–Crippen MR) is 108 cm³/mol. The van der Waals surface area contributed by atoms with E-state index in [0.717, 1.165) is 22.4 Å². The van der Waals surface area contributed by atoms with E-state index >= 15 is 0 Å². The van der Waals surface area contributed by atoms with Gasteiger partial charge >= 0.3 is 5.97 Å². The number of aromatic amines is 1. The quantitative estimate of drug-likeness (QED) is 0.561. The highest BCUT2D eigenvalue weighted by Gasteiger charge is 2.18. The van der Waals surface area contributed by atoms with Crippen LogP contribution in [-0.4, -0.2) is 25.7 Å². The zero-order chi connectivity index (χ0) is 20.7. The molecule has 0 saturated carbocycles. The van der Waals surface area contributed by atoms with Crippen LogP contribution in [-0.2, 0) is 0 Å². The molecular weight excluding hydrogens is 368 g/mol. The number of carbonyl (C=O) groups is 1. The van der Waals surface area contributed by atoms with Crippen molar-refractivity contribution in [2.75, 3.05) is 0 Å². The van der Waals surface area contributed by atoms with Crippen LogP contribution in [0.5, 0.6) is 0 Å². The molecule has 0 bridgehead atoms. The number of H-pyrrole nitrogens is 1. The highest BCUT2D eigenvalue weighted by atomic mass is 16.4. The van der Waals surface area contributed by atoms with Gasteiger partial charge in [-0.1, -0.05) is 24.3 Å². The van der Waals surface area contributed by atoms with Crippen molar-refractivity contribution in [2.24, 2.45) is 0 Å². The van der Waals surface area contributed by atoms with Gasteiger partial charge in [-0.05, 0) is 43.7 Å². The van der Waals surface area contributed by atoms with E-state index in [2.05, 4.69) is 11.2 Å². The summed E-state index contributed by atoms with van der Waals surface area (Å²) in [5.74, 6) is -1.000. The molecule has 0 amide bonds. The third kappa shape index (κ3) is 2.97. The number of fused-ring (bicyclic) bond motifs is 1. The Balaban J connectivity index is 1.96. The van der Waals surface area contributed by atoms with Crippen LogP contribution >= 0.6 is 0 Å². The molecular formula is C22H16N4O3. The lowest BCUT2D eigenvalue weighted by Crippen LogP contribution is -2.19. The standard InChI is InChI=1S/C22H16N4O3/c1-12-19(16-5-3-14(11-23)4-6-16)24-20-18(13(2)25-26(20)21(12)27)15-7-9-17(10-8-15)22(28)29/h3-10,25H,1-2H3,(H,28,29). The normalized spacial score (nSPS) is 10.8. The molecule has 0 saturated heterocycles. The smallest absolute Gasteiger partial charge is 0.335 e. The van der Waals surface area contributed by atoms with Crippen molar-refractivity contribution >= 4 is 11.6 Å². The Labute approximate surface area is 165 Å². The first kappa shape index (κ1) is 18.2. The van der Waals surface area contributed by atoms with Crippen molar-refractivity contribution < 1.29 is 9.90 Å². The van der Waals surface area contributed by atoms with Crippen LogP contribution in [0, 0.1) is 25.2 Å².